The molecule has 40 heavy (non-hydrogen) atoms. The van der Waals surface area contributed by atoms with Crippen LogP contribution in [0.4, 0.5) is 11.6 Å². The van der Waals surface area contributed by atoms with Gasteiger partial charge in [0, 0.05) is 25.6 Å². The van der Waals surface area contributed by atoms with Crippen molar-refractivity contribution in [3.05, 3.63) is 88.7 Å². The summed E-state index contributed by atoms with van der Waals surface area (Å²) in [5, 5.41) is 6.83. The van der Waals surface area contributed by atoms with Gasteiger partial charge >= 0.3 is 0 Å². The molecule has 7 N–H and O–H groups in total. The third-order valence-corrected chi connectivity index (χ3v) is 7.27. The quantitative estimate of drug-likeness (QED) is 0.168. The van der Waals surface area contributed by atoms with Gasteiger partial charge in [-0.2, -0.15) is 10.1 Å². The van der Waals surface area contributed by atoms with Crippen molar-refractivity contribution in [2.24, 2.45) is 10.8 Å². The Balaban J connectivity index is 1.51. The first-order valence-corrected chi connectivity index (χ1v) is 13.5. The minimum atomic E-state index is -0.623. The predicted molar refractivity (Wildman–Crippen MR) is 158 cm³/mol. The van der Waals surface area contributed by atoms with Gasteiger partial charge in [0.1, 0.15) is 36.3 Å². The van der Waals surface area contributed by atoms with E-state index in [0.29, 0.717) is 41.1 Å². The summed E-state index contributed by atoms with van der Waals surface area (Å²) in [6.45, 7) is 7.16. The Kier molecular flexibility index (Phi) is 9.70. The van der Waals surface area contributed by atoms with Crippen LogP contribution in [0.25, 0.3) is 0 Å². The van der Waals surface area contributed by atoms with Crippen LogP contribution in [-0.2, 0) is 4.79 Å². The predicted octanol–water partition coefficient (Wildman–Crippen LogP) is 2.44. The number of hydrogen-bond acceptors (Lipinski definition) is 8. The van der Waals surface area contributed by atoms with Gasteiger partial charge in [-0.1, -0.05) is 48.5 Å². The number of ether oxygens (including phenoxy) is 1. The van der Waals surface area contributed by atoms with E-state index in [1.165, 1.54) is 12.4 Å². The van der Waals surface area contributed by atoms with Crippen molar-refractivity contribution in [1.82, 2.24) is 20.3 Å². The minimum absolute atomic E-state index is 0.0718. The number of nitrogens with one attached hydrogen (secondary N) is 1. The maximum Gasteiger partial charge on any atom is 0.246 e. The number of nitrogens with zero attached hydrogens (tertiary/aromatic N) is 4. The number of aryl methyl sites for hydroxylation is 1. The number of likely N-dealkylation sites (tertiary alicyclic amines) is 1. The second-order valence-electron chi connectivity index (χ2n) is 9.67. The molecule has 4 rings (SSSR count). The molecule has 0 saturated carbocycles. The summed E-state index contributed by atoms with van der Waals surface area (Å²) < 4.78 is 6.05. The molecule has 1 saturated heterocycles. The monoisotopic (exact) mass is 563 g/mol. The maximum absolute atomic E-state index is 12.1. The summed E-state index contributed by atoms with van der Waals surface area (Å²) in [4.78, 5) is 22.6. The molecule has 11 heteroatoms. The van der Waals surface area contributed by atoms with Gasteiger partial charge in [0.05, 0.1) is 23.2 Å². The average molecular weight is 564 g/mol. The van der Waals surface area contributed by atoms with Gasteiger partial charge in [-0.3, -0.25) is 10.1 Å². The van der Waals surface area contributed by atoms with Gasteiger partial charge in [0.2, 0.25) is 11.7 Å². The standard InChI is InChI=1S/C29H35ClN8O2/c1-4-25(39)38-13-7-9-20(15-38)36-29-26(28(32)34-17-35-29)27(31)19-11-12-24(22(30)14-19)40-16-23(37-33-3)21-10-6-5-8-18(21)2/h4-6,8,10-12,14,17,20,27,33H,1,7,9,13,15-16,31H2,2-3H3,(H3,32,34,35,36)/p+1. The highest BCUT2D eigenvalue weighted by Crippen LogP contribution is 2.32. The number of hydrazone groups is 1. The molecule has 1 amide bonds. The summed E-state index contributed by atoms with van der Waals surface area (Å²) in [6, 6.07) is 12.9. The zero-order chi connectivity index (χ0) is 28.6. The Morgan fingerprint density at radius 2 is 2.15 bits per heavy atom. The topological polar surface area (TPSA) is 148 Å². The molecule has 2 unspecified atom stereocenters. The summed E-state index contributed by atoms with van der Waals surface area (Å²) in [6.07, 6.45) is 4.60. The molecule has 1 aromatic heterocycles. The zero-order valence-corrected chi connectivity index (χ0v) is 23.6. The molecule has 2 aromatic carbocycles. The molecule has 0 spiro atoms. The number of carbonyl (C=O) groups is 1. The van der Waals surface area contributed by atoms with Gasteiger partial charge in [-0.15, -0.1) is 0 Å². The molecule has 1 fully saturated rings. The summed E-state index contributed by atoms with van der Waals surface area (Å²) in [5.74, 6) is 1.39. The van der Waals surface area contributed by atoms with E-state index in [2.05, 4.69) is 27.1 Å². The molecule has 0 radical (unpaired) electrons. The number of rotatable bonds is 10. The summed E-state index contributed by atoms with van der Waals surface area (Å²) in [7, 11) is 1.75. The Bertz CT molecular complexity index is 1400. The van der Waals surface area contributed by atoms with E-state index in [1.54, 1.807) is 24.1 Å². The molecule has 10 nitrogen and oxygen atoms in total. The lowest BCUT2D eigenvalue weighted by Gasteiger charge is -2.30. The molecular formula is C29H36ClN8O2+. The van der Waals surface area contributed by atoms with Crippen molar-refractivity contribution in [2.45, 2.75) is 31.8 Å². The number of nitrogens with two attached hydrogens (primary N) is 3. The molecule has 1 aliphatic heterocycles. The van der Waals surface area contributed by atoms with Crippen LogP contribution in [-0.4, -0.2) is 59.3 Å². The van der Waals surface area contributed by atoms with E-state index in [4.69, 9.17) is 27.8 Å². The highest BCUT2D eigenvalue weighted by molar-refractivity contribution is 6.32. The van der Waals surface area contributed by atoms with Crippen molar-refractivity contribution >= 4 is 34.9 Å². The normalized spacial score (nSPS) is 16.4. The number of anilines is 1. The largest absolute Gasteiger partial charge is 0.486 e. The maximum atomic E-state index is 12.1. The van der Waals surface area contributed by atoms with E-state index < -0.39 is 6.04 Å². The van der Waals surface area contributed by atoms with Crippen molar-refractivity contribution in [3.63, 3.8) is 0 Å². The number of quaternary nitrogens is 1. The molecule has 0 bridgehead atoms. The van der Waals surface area contributed by atoms with Crippen molar-refractivity contribution in [2.75, 3.05) is 32.5 Å². The van der Waals surface area contributed by atoms with E-state index in [-0.39, 0.29) is 18.6 Å². The fourth-order valence-electron chi connectivity index (χ4n) is 4.92. The van der Waals surface area contributed by atoms with E-state index in [0.717, 1.165) is 35.2 Å². The second kappa shape index (κ2) is 13.4. The van der Waals surface area contributed by atoms with Crippen LogP contribution in [0.15, 0.2) is 66.5 Å². The third kappa shape index (κ3) is 6.77. The molecule has 2 heterocycles. The molecular weight excluding hydrogens is 528 g/mol. The SMILES string of the molecule is C=CC(=O)N1CCCC([NH2+]c2ncnc(N)c2C(N)c2ccc(OCC(=NNC)c3ccccc3C)c(Cl)c2)C1. The Morgan fingerprint density at radius 1 is 1.35 bits per heavy atom. The lowest BCUT2D eigenvalue weighted by atomic mass is 9.99. The number of halogens is 1. The first kappa shape index (κ1) is 29.0. The smallest absolute Gasteiger partial charge is 0.246 e. The van der Waals surface area contributed by atoms with Gasteiger partial charge in [-0.25, -0.2) is 4.98 Å². The number of amides is 1. The van der Waals surface area contributed by atoms with Gasteiger partial charge in [0.15, 0.2) is 0 Å². The first-order valence-electron chi connectivity index (χ1n) is 13.2. The second-order valence-corrected chi connectivity index (χ2v) is 10.1. The zero-order valence-electron chi connectivity index (χ0n) is 22.8. The van der Waals surface area contributed by atoms with Crippen LogP contribution in [0.3, 0.4) is 0 Å². The Morgan fingerprint density at radius 3 is 2.88 bits per heavy atom. The van der Waals surface area contributed by atoms with Gasteiger partial charge in [-0.05, 0) is 42.7 Å². The lowest BCUT2D eigenvalue weighted by molar-refractivity contribution is -0.617. The molecule has 3 aromatic rings. The fraction of sp³-hybridized carbons (Fsp3) is 0.310. The molecule has 1 aliphatic rings. The number of nitrogen functional groups attached to an aromatic ring is 1. The van der Waals surface area contributed by atoms with Crippen LogP contribution >= 0.6 is 11.6 Å². The number of aromatic nitrogens is 2. The van der Waals surface area contributed by atoms with Crippen molar-refractivity contribution in [1.29, 1.82) is 0 Å². The Labute approximate surface area is 239 Å². The summed E-state index contributed by atoms with van der Waals surface area (Å²) >= 11 is 6.64. The summed E-state index contributed by atoms with van der Waals surface area (Å²) in [5.41, 5.74) is 20.0. The van der Waals surface area contributed by atoms with Crippen LogP contribution in [0.2, 0.25) is 5.02 Å². The third-order valence-electron chi connectivity index (χ3n) is 6.98. The van der Waals surface area contributed by atoms with Crippen molar-refractivity contribution in [3.8, 4) is 5.75 Å². The van der Waals surface area contributed by atoms with Crippen LogP contribution < -0.4 is 26.9 Å². The highest BCUT2D eigenvalue weighted by atomic mass is 35.5. The van der Waals surface area contributed by atoms with Gasteiger partial charge in [0.25, 0.3) is 0 Å². The van der Waals surface area contributed by atoms with Crippen LogP contribution in [0.1, 0.15) is 41.1 Å². The molecule has 210 valence electrons. The highest BCUT2D eigenvalue weighted by Gasteiger charge is 2.29. The van der Waals surface area contributed by atoms with E-state index in [9.17, 15) is 4.79 Å². The number of benzene rings is 2. The Hall–Kier alpha value is -3.99. The van der Waals surface area contributed by atoms with Gasteiger partial charge < -0.3 is 26.5 Å². The number of carbonyl (C=O) groups excluding carboxylic acids is 1. The van der Waals surface area contributed by atoms with E-state index >= 15 is 0 Å². The number of piperidine rings is 1. The minimum Gasteiger partial charge on any atom is -0.486 e. The van der Waals surface area contributed by atoms with E-state index in [1.807, 2.05) is 42.6 Å². The van der Waals surface area contributed by atoms with Crippen LogP contribution in [0.5, 0.6) is 5.75 Å². The molecule has 0 aliphatic carbocycles. The lowest BCUT2D eigenvalue weighted by Crippen LogP contribution is -2.88. The first-order chi connectivity index (χ1) is 19.3. The van der Waals surface area contributed by atoms with Crippen molar-refractivity contribution < 1.29 is 14.8 Å². The molecule has 2 atom stereocenters. The number of hydrogen-bond donors (Lipinski definition) is 4. The van der Waals surface area contributed by atoms with Crippen LogP contribution in [0, 0.1) is 6.92 Å². The average Bonchev–Trinajstić information content (AvgIpc) is 2.95. The fourth-order valence-corrected chi connectivity index (χ4v) is 5.16.